The summed E-state index contributed by atoms with van der Waals surface area (Å²) in [5, 5.41) is 0. The fourth-order valence-corrected chi connectivity index (χ4v) is 3.02. The van der Waals surface area contributed by atoms with E-state index in [1.54, 1.807) is 0 Å². The molecule has 1 aromatic carbocycles. The van der Waals surface area contributed by atoms with E-state index in [4.69, 9.17) is 5.73 Å². The van der Waals surface area contributed by atoms with Gasteiger partial charge in [0, 0.05) is 25.0 Å². The Labute approximate surface area is 121 Å². The minimum atomic E-state index is 0.830. The van der Waals surface area contributed by atoms with Gasteiger partial charge in [-0.25, -0.2) is 4.98 Å². The molecule has 0 atom stereocenters. The van der Waals surface area contributed by atoms with E-state index in [9.17, 15) is 0 Å². The lowest BCUT2D eigenvalue weighted by atomic mass is 9.98. The number of aryl methyl sites for hydroxylation is 1. The Balaban J connectivity index is 1.98. The summed E-state index contributed by atoms with van der Waals surface area (Å²) in [5.74, 6) is 1.01. The number of hydrogen-bond acceptors (Lipinski definition) is 3. The van der Waals surface area contributed by atoms with Crippen LogP contribution < -0.4 is 10.6 Å². The summed E-state index contributed by atoms with van der Waals surface area (Å²) in [6, 6.07) is 8.19. The Morgan fingerprint density at radius 3 is 3.00 bits per heavy atom. The number of nitrogens with two attached hydrogens (primary N) is 1. The third-order valence-corrected chi connectivity index (χ3v) is 4.65. The second-order valence-electron chi connectivity index (χ2n) is 4.92. The molecule has 3 nitrogen and oxygen atoms in total. The van der Waals surface area contributed by atoms with Crippen molar-refractivity contribution in [1.29, 1.82) is 0 Å². The smallest absolute Gasteiger partial charge is 0.143 e. The number of pyridine rings is 1. The molecule has 0 bridgehead atoms. The summed E-state index contributed by atoms with van der Waals surface area (Å²) in [4.78, 5) is 6.79. The lowest BCUT2D eigenvalue weighted by molar-refractivity contribution is 0.720. The third-order valence-electron chi connectivity index (χ3n) is 3.67. The van der Waals surface area contributed by atoms with E-state index in [0.717, 1.165) is 35.5 Å². The molecule has 0 fully saturated rings. The van der Waals surface area contributed by atoms with Crippen molar-refractivity contribution in [2.45, 2.75) is 19.9 Å². The maximum Gasteiger partial charge on any atom is 0.143 e. The number of fused-ring (bicyclic) bond motifs is 1. The number of nitrogens with zero attached hydrogens (tertiary/aromatic N) is 2. The van der Waals surface area contributed by atoms with Gasteiger partial charge in [0.05, 0.1) is 4.47 Å². The molecule has 3 rings (SSSR count). The monoisotopic (exact) mass is 317 g/mol. The number of nitrogen functional groups attached to an aromatic ring is 1. The Hall–Kier alpha value is -1.55. The summed E-state index contributed by atoms with van der Waals surface area (Å²) in [6.07, 6.45) is 2.88. The van der Waals surface area contributed by atoms with Crippen LogP contribution in [0, 0.1) is 6.92 Å². The predicted octanol–water partition coefficient (Wildman–Crippen LogP) is 3.30. The maximum atomic E-state index is 6.09. The van der Waals surface area contributed by atoms with Crippen molar-refractivity contribution in [3.63, 3.8) is 0 Å². The SMILES string of the molecule is Cc1ccnc(N2CCc3cccc(N)c3C2)c1Br. The normalized spacial score (nSPS) is 14.3. The van der Waals surface area contributed by atoms with Crippen LogP contribution in [0.1, 0.15) is 16.7 Å². The average molecular weight is 318 g/mol. The Kier molecular flexibility index (Phi) is 3.19. The fourth-order valence-electron chi connectivity index (χ4n) is 2.53. The third kappa shape index (κ3) is 2.21. The van der Waals surface area contributed by atoms with E-state index in [2.05, 4.69) is 38.8 Å². The minimum Gasteiger partial charge on any atom is -0.398 e. The molecule has 0 saturated heterocycles. The Morgan fingerprint density at radius 2 is 2.16 bits per heavy atom. The molecular formula is C15H16BrN3. The second kappa shape index (κ2) is 4.85. The first-order chi connectivity index (χ1) is 9.16. The molecule has 2 heterocycles. The zero-order chi connectivity index (χ0) is 13.4. The molecule has 2 N–H and O–H groups in total. The van der Waals surface area contributed by atoms with Gasteiger partial charge in [-0.15, -0.1) is 0 Å². The summed E-state index contributed by atoms with van der Waals surface area (Å²) < 4.78 is 1.08. The zero-order valence-electron chi connectivity index (χ0n) is 10.9. The first kappa shape index (κ1) is 12.5. The molecule has 4 heteroatoms. The van der Waals surface area contributed by atoms with E-state index in [-0.39, 0.29) is 0 Å². The van der Waals surface area contributed by atoms with Gasteiger partial charge in [-0.1, -0.05) is 12.1 Å². The number of anilines is 2. The Bertz CT molecular complexity index is 625. The molecule has 0 radical (unpaired) electrons. The minimum absolute atomic E-state index is 0.830. The molecule has 2 aromatic rings. The van der Waals surface area contributed by atoms with Gasteiger partial charge < -0.3 is 10.6 Å². The van der Waals surface area contributed by atoms with Crippen molar-refractivity contribution in [3.05, 3.63) is 51.6 Å². The summed E-state index contributed by atoms with van der Waals surface area (Å²) in [7, 11) is 0. The van der Waals surface area contributed by atoms with Crippen LogP contribution in [0.4, 0.5) is 11.5 Å². The number of benzene rings is 1. The molecule has 0 unspecified atom stereocenters. The summed E-state index contributed by atoms with van der Waals surface area (Å²) in [5.41, 5.74) is 10.8. The van der Waals surface area contributed by atoms with Gasteiger partial charge in [0.2, 0.25) is 0 Å². The number of hydrogen-bond donors (Lipinski definition) is 1. The maximum absolute atomic E-state index is 6.09. The predicted molar refractivity (Wildman–Crippen MR) is 82.3 cm³/mol. The topological polar surface area (TPSA) is 42.2 Å². The van der Waals surface area contributed by atoms with Crippen LogP contribution >= 0.6 is 15.9 Å². The highest BCUT2D eigenvalue weighted by molar-refractivity contribution is 9.10. The molecule has 98 valence electrons. The number of halogens is 1. The zero-order valence-corrected chi connectivity index (χ0v) is 12.4. The van der Waals surface area contributed by atoms with Crippen molar-refractivity contribution in [3.8, 4) is 0 Å². The van der Waals surface area contributed by atoms with Crippen molar-refractivity contribution < 1.29 is 0 Å². The van der Waals surface area contributed by atoms with E-state index >= 15 is 0 Å². The molecule has 0 amide bonds. The molecule has 1 aliphatic rings. The molecule has 0 saturated carbocycles. The van der Waals surface area contributed by atoms with Gasteiger partial charge in [-0.05, 0) is 58.1 Å². The van der Waals surface area contributed by atoms with Crippen LogP contribution in [-0.4, -0.2) is 11.5 Å². The largest absolute Gasteiger partial charge is 0.398 e. The van der Waals surface area contributed by atoms with E-state index < -0.39 is 0 Å². The quantitative estimate of drug-likeness (QED) is 0.821. The number of rotatable bonds is 1. The van der Waals surface area contributed by atoms with Gasteiger partial charge >= 0.3 is 0 Å². The Morgan fingerprint density at radius 1 is 1.32 bits per heavy atom. The van der Waals surface area contributed by atoms with Crippen molar-refractivity contribution in [2.75, 3.05) is 17.2 Å². The van der Waals surface area contributed by atoms with Gasteiger partial charge in [0.25, 0.3) is 0 Å². The first-order valence-corrected chi connectivity index (χ1v) is 7.18. The summed E-state index contributed by atoms with van der Waals surface area (Å²) >= 11 is 3.64. The van der Waals surface area contributed by atoms with Gasteiger partial charge in [0.15, 0.2) is 0 Å². The fraction of sp³-hybridized carbons (Fsp3) is 0.267. The molecule has 0 spiro atoms. The molecule has 1 aromatic heterocycles. The summed E-state index contributed by atoms with van der Waals surface area (Å²) in [6.45, 7) is 3.89. The van der Waals surface area contributed by atoms with Gasteiger partial charge in [-0.3, -0.25) is 0 Å². The van der Waals surface area contributed by atoms with Gasteiger partial charge in [0.1, 0.15) is 5.82 Å². The van der Waals surface area contributed by atoms with E-state index in [0.29, 0.717) is 0 Å². The lowest BCUT2D eigenvalue weighted by Crippen LogP contribution is -2.32. The molecule has 19 heavy (non-hydrogen) atoms. The highest BCUT2D eigenvalue weighted by Gasteiger charge is 2.21. The van der Waals surface area contributed by atoms with Crippen LogP contribution in [0.3, 0.4) is 0 Å². The van der Waals surface area contributed by atoms with Crippen molar-refractivity contribution in [2.24, 2.45) is 0 Å². The molecule has 1 aliphatic heterocycles. The van der Waals surface area contributed by atoms with Crippen LogP contribution in [0.15, 0.2) is 34.9 Å². The van der Waals surface area contributed by atoms with Crippen LogP contribution in [-0.2, 0) is 13.0 Å². The first-order valence-electron chi connectivity index (χ1n) is 6.39. The highest BCUT2D eigenvalue weighted by Crippen LogP contribution is 2.32. The standard InChI is InChI=1S/C15H16BrN3/c1-10-5-7-18-15(14(10)16)19-8-6-11-3-2-4-13(17)12(11)9-19/h2-5,7H,6,8-9,17H2,1H3. The molecular weight excluding hydrogens is 302 g/mol. The van der Waals surface area contributed by atoms with Crippen LogP contribution in [0.2, 0.25) is 0 Å². The van der Waals surface area contributed by atoms with Crippen molar-refractivity contribution in [1.82, 2.24) is 4.98 Å². The average Bonchev–Trinajstić information content (AvgIpc) is 2.42. The highest BCUT2D eigenvalue weighted by atomic mass is 79.9. The van der Waals surface area contributed by atoms with Crippen LogP contribution in [0.25, 0.3) is 0 Å². The van der Waals surface area contributed by atoms with Gasteiger partial charge in [-0.2, -0.15) is 0 Å². The van der Waals surface area contributed by atoms with E-state index in [1.807, 2.05) is 24.4 Å². The van der Waals surface area contributed by atoms with Crippen LogP contribution in [0.5, 0.6) is 0 Å². The molecule has 0 aliphatic carbocycles. The second-order valence-corrected chi connectivity index (χ2v) is 5.71. The van der Waals surface area contributed by atoms with E-state index in [1.165, 1.54) is 16.7 Å². The lowest BCUT2D eigenvalue weighted by Gasteiger charge is -2.31. The van der Waals surface area contributed by atoms with Crippen molar-refractivity contribution >= 4 is 27.4 Å². The number of aromatic nitrogens is 1.